The third-order valence-electron chi connectivity index (χ3n) is 15.6. The molecule has 0 fully saturated rings. The number of fused-ring (bicyclic) bond motifs is 13. The van der Waals surface area contributed by atoms with Crippen LogP contribution in [-0.4, -0.2) is 15.0 Å². The summed E-state index contributed by atoms with van der Waals surface area (Å²) < 4.78 is 0. The quantitative estimate of drug-likeness (QED) is 0.175. The molecule has 5 nitrogen and oxygen atoms in total. The van der Waals surface area contributed by atoms with Crippen LogP contribution >= 0.6 is 11.8 Å². The minimum absolute atomic E-state index is 0.331. The van der Waals surface area contributed by atoms with Gasteiger partial charge in [0.05, 0.1) is 28.2 Å². The van der Waals surface area contributed by atoms with Crippen molar-refractivity contribution in [1.82, 2.24) is 15.0 Å². The molecule has 4 aliphatic rings. The average Bonchev–Trinajstić information content (AvgIpc) is 3.69. The minimum Gasteiger partial charge on any atom is -0.310 e. The molecule has 1 aliphatic carbocycles. The summed E-state index contributed by atoms with van der Waals surface area (Å²) in [4.78, 5) is 23.8. The molecule has 0 amide bonds. The van der Waals surface area contributed by atoms with E-state index in [9.17, 15) is 0 Å². The largest absolute Gasteiger partial charge is 0.310 e. The zero-order valence-corrected chi connectivity index (χ0v) is 40.2. The van der Waals surface area contributed by atoms with Crippen LogP contribution in [0.25, 0.3) is 33.9 Å². The van der Waals surface area contributed by atoms with Gasteiger partial charge in [-0.1, -0.05) is 209 Å². The van der Waals surface area contributed by atoms with E-state index in [2.05, 4.69) is 244 Å². The highest BCUT2D eigenvalue weighted by Crippen LogP contribution is 2.64. The molecule has 14 rings (SSSR count). The van der Waals surface area contributed by atoms with Gasteiger partial charge in [-0.15, -0.1) is 0 Å². The fourth-order valence-electron chi connectivity index (χ4n) is 12.3. The Morgan fingerprint density at radius 1 is 0.357 bits per heavy atom. The minimum atomic E-state index is -0.535. The van der Waals surface area contributed by atoms with Gasteiger partial charge in [0.25, 0.3) is 0 Å². The zero-order chi connectivity index (χ0) is 46.9. The van der Waals surface area contributed by atoms with Gasteiger partial charge >= 0.3 is 0 Å². The molecule has 9 aromatic carbocycles. The average molecular weight is 918 g/mol. The second kappa shape index (κ2) is 15.0. The van der Waals surface area contributed by atoms with Gasteiger partial charge in [0.15, 0.2) is 11.6 Å². The highest BCUT2D eigenvalue weighted by molar-refractivity contribution is 7.99. The number of para-hydroxylation sites is 3. The molecule has 0 saturated carbocycles. The molecule has 70 heavy (non-hydrogen) atoms. The van der Waals surface area contributed by atoms with Crippen LogP contribution in [0.3, 0.4) is 0 Å². The maximum absolute atomic E-state index is 5.69. The lowest BCUT2D eigenvalue weighted by atomic mass is 9.67. The Balaban J connectivity index is 1.04. The molecule has 4 heterocycles. The number of benzene rings is 9. The first kappa shape index (κ1) is 41.0. The van der Waals surface area contributed by atoms with Gasteiger partial charge in [0, 0.05) is 37.4 Å². The Morgan fingerprint density at radius 3 is 1.47 bits per heavy atom. The summed E-state index contributed by atoms with van der Waals surface area (Å²) in [5.41, 5.74) is 18.9. The van der Waals surface area contributed by atoms with Gasteiger partial charge in [-0.25, -0.2) is 4.98 Å². The zero-order valence-electron chi connectivity index (χ0n) is 39.4. The topological polar surface area (TPSA) is 45.2 Å². The van der Waals surface area contributed by atoms with Crippen LogP contribution < -0.4 is 9.80 Å². The molecular formula is C64H47N5S. The molecule has 334 valence electrons. The van der Waals surface area contributed by atoms with Crippen LogP contribution in [-0.2, 0) is 16.2 Å². The third kappa shape index (κ3) is 5.59. The van der Waals surface area contributed by atoms with Crippen LogP contribution in [0.1, 0.15) is 72.2 Å². The number of aromatic nitrogens is 3. The summed E-state index contributed by atoms with van der Waals surface area (Å²) in [5, 5.41) is 0. The van der Waals surface area contributed by atoms with Gasteiger partial charge in [0.2, 0.25) is 5.95 Å². The summed E-state index contributed by atoms with van der Waals surface area (Å²) in [6.45, 7) is 9.45. The van der Waals surface area contributed by atoms with Crippen molar-refractivity contribution in [3.05, 3.63) is 257 Å². The van der Waals surface area contributed by atoms with E-state index in [0.29, 0.717) is 17.6 Å². The van der Waals surface area contributed by atoms with E-state index in [-0.39, 0.29) is 10.8 Å². The Labute approximate surface area is 413 Å². The first-order valence-corrected chi connectivity index (χ1v) is 25.0. The number of anilines is 6. The molecular weight excluding hydrogens is 871 g/mol. The van der Waals surface area contributed by atoms with Crippen molar-refractivity contribution >= 4 is 46.1 Å². The molecule has 0 N–H and O–H groups in total. The smallest absolute Gasteiger partial charge is 0.238 e. The van der Waals surface area contributed by atoms with Crippen LogP contribution in [0.4, 0.5) is 34.4 Å². The van der Waals surface area contributed by atoms with Crippen molar-refractivity contribution in [3.63, 3.8) is 0 Å². The van der Waals surface area contributed by atoms with Crippen molar-refractivity contribution < 1.29 is 0 Å². The SMILES string of the molecule is CC1(C)c2ccccc2N(c2ccccc2)c2cc3c(cc21)N(c1nc(-c2ccccc2)nc(-c2cccc4c2Sc2ccccc2C42c4ccccc4-c4ccccc42)n1)c1ccccc1C3(C)C. The van der Waals surface area contributed by atoms with Crippen molar-refractivity contribution in [2.75, 3.05) is 9.80 Å². The van der Waals surface area contributed by atoms with E-state index >= 15 is 0 Å². The van der Waals surface area contributed by atoms with E-state index in [1.165, 1.54) is 71.9 Å². The molecule has 0 atom stereocenters. The number of rotatable bonds is 4. The Bertz CT molecular complexity index is 3740. The normalized spacial score (nSPS) is 15.7. The number of hydrogen-bond acceptors (Lipinski definition) is 6. The predicted octanol–water partition coefficient (Wildman–Crippen LogP) is 16.3. The van der Waals surface area contributed by atoms with E-state index in [1.807, 2.05) is 17.8 Å². The fourth-order valence-corrected chi connectivity index (χ4v) is 13.6. The lowest BCUT2D eigenvalue weighted by molar-refractivity contribution is 0.614. The summed E-state index contributed by atoms with van der Waals surface area (Å²) in [6.07, 6.45) is 0. The second-order valence-corrected chi connectivity index (χ2v) is 21.0. The van der Waals surface area contributed by atoms with Gasteiger partial charge < -0.3 is 4.90 Å². The summed E-state index contributed by atoms with van der Waals surface area (Å²) in [7, 11) is 0. The molecule has 0 saturated heterocycles. The van der Waals surface area contributed by atoms with Crippen LogP contribution in [0.2, 0.25) is 0 Å². The highest BCUT2D eigenvalue weighted by atomic mass is 32.2. The lowest BCUT2D eigenvalue weighted by Crippen LogP contribution is -2.35. The summed E-state index contributed by atoms with van der Waals surface area (Å²) in [5.74, 6) is 1.83. The summed E-state index contributed by atoms with van der Waals surface area (Å²) >= 11 is 1.82. The first-order chi connectivity index (χ1) is 34.2. The third-order valence-corrected chi connectivity index (χ3v) is 16.8. The molecule has 10 aromatic rings. The molecule has 3 aliphatic heterocycles. The maximum Gasteiger partial charge on any atom is 0.238 e. The van der Waals surface area contributed by atoms with Crippen LogP contribution in [0.5, 0.6) is 0 Å². The highest BCUT2D eigenvalue weighted by Gasteiger charge is 2.51. The van der Waals surface area contributed by atoms with Crippen LogP contribution in [0.15, 0.2) is 222 Å². The predicted molar refractivity (Wildman–Crippen MR) is 286 cm³/mol. The van der Waals surface area contributed by atoms with Gasteiger partial charge in [0.1, 0.15) is 0 Å². The molecule has 1 spiro atoms. The number of hydrogen-bond donors (Lipinski definition) is 0. The second-order valence-electron chi connectivity index (χ2n) is 19.9. The molecule has 0 radical (unpaired) electrons. The molecule has 0 bridgehead atoms. The Hall–Kier alpha value is -8.06. The van der Waals surface area contributed by atoms with Crippen LogP contribution in [0, 0.1) is 0 Å². The first-order valence-electron chi connectivity index (χ1n) is 24.2. The summed E-state index contributed by atoms with van der Waals surface area (Å²) in [6, 6.07) is 77.4. The van der Waals surface area contributed by atoms with E-state index in [4.69, 9.17) is 15.0 Å². The van der Waals surface area contributed by atoms with Gasteiger partial charge in [-0.3, -0.25) is 4.90 Å². The maximum atomic E-state index is 5.69. The van der Waals surface area contributed by atoms with Gasteiger partial charge in [-0.2, -0.15) is 9.97 Å². The molecule has 0 unspecified atom stereocenters. The standard InChI is InChI=1S/C64H47N5S/c1-62(2)47-31-15-18-35-53(47)68(41-24-9-6-10-25-41)55-38-52-56(39-51(55)62)69(54-36-19-16-32-48(54)63(52,3)4)61-66-59(40-22-7-5-8-23-40)65-60(67-61)44-28-21-34-50-58(44)70-57-37-20-17-33-49(57)64(50)45-29-13-11-26-42(45)43-27-12-14-30-46(43)64/h5-39H,1-4H3. The lowest BCUT2D eigenvalue weighted by Gasteiger charge is -2.46. The van der Waals surface area contributed by atoms with Crippen molar-refractivity contribution in [3.8, 4) is 33.9 Å². The fraction of sp³-hybridized carbons (Fsp3) is 0.109. The van der Waals surface area contributed by atoms with E-state index in [0.717, 1.165) is 33.1 Å². The molecule has 1 aromatic heterocycles. The van der Waals surface area contributed by atoms with Crippen molar-refractivity contribution in [2.45, 2.75) is 53.7 Å². The van der Waals surface area contributed by atoms with E-state index in [1.54, 1.807) is 0 Å². The van der Waals surface area contributed by atoms with Gasteiger partial charge in [-0.05, 0) is 98.1 Å². The molecule has 6 heteroatoms. The van der Waals surface area contributed by atoms with Crippen molar-refractivity contribution in [2.24, 2.45) is 0 Å². The number of nitrogens with zero attached hydrogens (tertiary/aromatic N) is 5. The Morgan fingerprint density at radius 2 is 0.829 bits per heavy atom. The monoisotopic (exact) mass is 917 g/mol. The van der Waals surface area contributed by atoms with Crippen molar-refractivity contribution in [1.29, 1.82) is 0 Å². The van der Waals surface area contributed by atoms with E-state index < -0.39 is 5.41 Å². The Kier molecular flexibility index (Phi) is 8.76.